The predicted octanol–water partition coefficient (Wildman–Crippen LogP) is 2.52. The highest BCUT2D eigenvalue weighted by Crippen LogP contribution is 2.28. The van der Waals surface area contributed by atoms with Gasteiger partial charge in [-0.25, -0.2) is 0 Å². The van der Waals surface area contributed by atoms with E-state index in [2.05, 4.69) is 5.32 Å². The molecule has 0 saturated heterocycles. The van der Waals surface area contributed by atoms with Crippen molar-refractivity contribution >= 4 is 23.3 Å². The molecule has 1 aromatic carbocycles. The maximum Gasteiger partial charge on any atom is 0.306 e. The standard InChI is InChI=1S/C15H20N2O6/c1-10(2)4-7-15(19)23-9-14(18)16-12-8-11(17(20)21)5-6-13(12)22-3/h5-6,8,10H,4,7,9H2,1-3H3,(H,16,18). The molecule has 0 aliphatic carbocycles. The number of benzene rings is 1. The van der Waals surface area contributed by atoms with Gasteiger partial charge in [0.1, 0.15) is 5.75 Å². The van der Waals surface area contributed by atoms with Crippen LogP contribution in [0.5, 0.6) is 5.75 Å². The topological polar surface area (TPSA) is 108 Å². The zero-order valence-electron chi connectivity index (χ0n) is 13.3. The molecule has 8 nitrogen and oxygen atoms in total. The molecule has 8 heteroatoms. The summed E-state index contributed by atoms with van der Waals surface area (Å²) in [4.78, 5) is 33.4. The summed E-state index contributed by atoms with van der Waals surface area (Å²) in [6.07, 6.45) is 0.921. The lowest BCUT2D eigenvalue weighted by molar-refractivity contribution is -0.384. The maximum absolute atomic E-state index is 11.8. The molecule has 0 heterocycles. The Morgan fingerprint density at radius 1 is 1.35 bits per heavy atom. The average molecular weight is 324 g/mol. The summed E-state index contributed by atoms with van der Waals surface area (Å²) in [5.74, 6) is -0.415. The third-order valence-corrected chi connectivity index (χ3v) is 2.96. The van der Waals surface area contributed by atoms with E-state index in [0.29, 0.717) is 12.3 Å². The number of anilines is 1. The van der Waals surface area contributed by atoms with Gasteiger partial charge >= 0.3 is 5.97 Å². The minimum absolute atomic E-state index is 0.143. The van der Waals surface area contributed by atoms with Crippen molar-refractivity contribution in [3.8, 4) is 5.75 Å². The van der Waals surface area contributed by atoms with Crippen LogP contribution in [0.25, 0.3) is 0 Å². The molecular formula is C15H20N2O6. The first kappa shape index (κ1) is 18.4. The summed E-state index contributed by atoms with van der Waals surface area (Å²) in [6.45, 7) is 3.51. The number of nitrogens with zero attached hydrogens (tertiary/aromatic N) is 1. The molecule has 1 rings (SSSR count). The van der Waals surface area contributed by atoms with E-state index < -0.39 is 23.4 Å². The molecule has 0 unspecified atom stereocenters. The number of ether oxygens (including phenoxy) is 2. The summed E-state index contributed by atoms with van der Waals surface area (Å²) in [5.41, 5.74) is -0.0417. The number of non-ortho nitro benzene ring substituents is 1. The van der Waals surface area contributed by atoms with E-state index in [0.717, 1.165) is 0 Å². The molecular weight excluding hydrogens is 304 g/mol. The second kappa shape index (κ2) is 8.72. The zero-order chi connectivity index (χ0) is 17.4. The van der Waals surface area contributed by atoms with Gasteiger partial charge in [-0.1, -0.05) is 13.8 Å². The SMILES string of the molecule is COc1ccc([N+](=O)[O-])cc1NC(=O)COC(=O)CCC(C)C. The van der Waals surface area contributed by atoms with Crippen LogP contribution in [0.3, 0.4) is 0 Å². The van der Waals surface area contributed by atoms with Crippen LogP contribution < -0.4 is 10.1 Å². The van der Waals surface area contributed by atoms with Crippen LogP contribution in [0.2, 0.25) is 0 Å². The van der Waals surface area contributed by atoms with Gasteiger partial charge in [-0.15, -0.1) is 0 Å². The largest absolute Gasteiger partial charge is 0.495 e. The Morgan fingerprint density at radius 3 is 2.61 bits per heavy atom. The number of carbonyl (C=O) groups is 2. The van der Waals surface area contributed by atoms with Crippen molar-refractivity contribution in [2.45, 2.75) is 26.7 Å². The molecule has 0 fully saturated rings. The summed E-state index contributed by atoms with van der Waals surface area (Å²) >= 11 is 0. The smallest absolute Gasteiger partial charge is 0.306 e. The molecule has 0 saturated carbocycles. The number of carbonyl (C=O) groups excluding carboxylic acids is 2. The lowest BCUT2D eigenvalue weighted by Gasteiger charge is -2.10. The fourth-order valence-corrected chi connectivity index (χ4v) is 1.72. The van der Waals surface area contributed by atoms with Gasteiger partial charge in [-0.2, -0.15) is 0 Å². The Bertz CT molecular complexity index is 585. The Morgan fingerprint density at radius 2 is 2.04 bits per heavy atom. The molecule has 0 atom stereocenters. The second-order valence-electron chi connectivity index (χ2n) is 5.28. The first-order chi connectivity index (χ1) is 10.8. The van der Waals surface area contributed by atoms with Crippen LogP contribution in [0.1, 0.15) is 26.7 Å². The van der Waals surface area contributed by atoms with Crippen LogP contribution >= 0.6 is 0 Å². The third-order valence-electron chi connectivity index (χ3n) is 2.96. The van der Waals surface area contributed by atoms with Gasteiger partial charge in [0.05, 0.1) is 17.7 Å². The lowest BCUT2D eigenvalue weighted by atomic mass is 10.1. The van der Waals surface area contributed by atoms with Crippen molar-refractivity contribution in [2.24, 2.45) is 5.92 Å². The quantitative estimate of drug-likeness (QED) is 0.447. The number of nitrogens with one attached hydrogen (secondary N) is 1. The third kappa shape index (κ3) is 6.33. The van der Waals surface area contributed by atoms with E-state index >= 15 is 0 Å². The lowest BCUT2D eigenvalue weighted by Crippen LogP contribution is -2.21. The van der Waals surface area contributed by atoms with Crippen molar-refractivity contribution in [3.05, 3.63) is 28.3 Å². The molecule has 0 bridgehead atoms. The van der Waals surface area contributed by atoms with Gasteiger partial charge < -0.3 is 14.8 Å². The Balaban J connectivity index is 2.61. The fraction of sp³-hybridized carbons (Fsp3) is 0.467. The number of amides is 1. The maximum atomic E-state index is 11.8. The van der Waals surface area contributed by atoms with E-state index in [1.165, 1.54) is 25.3 Å². The molecule has 0 aliphatic heterocycles. The Labute approximate surface area is 133 Å². The minimum Gasteiger partial charge on any atom is -0.495 e. The monoisotopic (exact) mass is 324 g/mol. The van der Waals surface area contributed by atoms with Crippen molar-refractivity contribution in [3.63, 3.8) is 0 Å². The molecule has 1 amide bonds. The Kier molecular flexibility index (Phi) is 6.98. The summed E-state index contributed by atoms with van der Waals surface area (Å²) in [7, 11) is 1.38. The van der Waals surface area contributed by atoms with Gasteiger partial charge in [0.15, 0.2) is 6.61 Å². The molecule has 126 valence electrons. The van der Waals surface area contributed by atoms with E-state index in [9.17, 15) is 19.7 Å². The molecule has 0 aromatic heterocycles. The van der Waals surface area contributed by atoms with Crippen LogP contribution in [0, 0.1) is 16.0 Å². The highest BCUT2D eigenvalue weighted by atomic mass is 16.6. The Hall–Kier alpha value is -2.64. The molecule has 0 radical (unpaired) electrons. The van der Waals surface area contributed by atoms with E-state index in [1.807, 2.05) is 13.8 Å². The number of nitro groups is 1. The van der Waals surface area contributed by atoms with Gasteiger partial charge in [0, 0.05) is 18.6 Å². The minimum atomic E-state index is -0.596. The van der Waals surface area contributed by atoms with Gasteiger partial charge in [-0.3, -0.25) is 19.7 Å². The normalized spacial score (nSPS) is 10.3. The fourth-order valence-electron chi connectivity index (χ4n) is 1.72. The molecule has 0 spiro atoms. The van der Waals surface area contributed by atoms with E-state index in [4.69, 9.17) is 9.47 Å². The number of rotatable bonds is 8. The van der Waals surface area contributed by atoms with Crippen LogP contribution in [0.15, 0.2) is 18.2 Å². The summed E-state index contributed by atoms with van der Waals surface area (Å²) < 4.78 is 9.88. The summed E-state index contributed by atoms with van der Waals surface area (Å²) in [6, 6.07) is 3.82. The first-order valence-corrected chi connectivity index (χ1v) is 7.11. The van der Waals surface area contributed by atoms with E-state index in [1.54, 1.807) is 0 Å². The number of nitro benzene ring substituents is 1. The van der Waals surface area contributed by atoms with Gasteiger partial charge in [0.25, 0.3) is 11.6 Å². The van der Waals surface area contributed by atoms with Gasteiger partial charge in [0.2, 0.25) is 0 Å². The zero-order valence-corrected chi connectivity index (χ0v) is 13.3. The van der Waals surface area contributed by atoms with Crippen molar-refractivity contribution < 1.29 is 24.0 Å². The summed E-state index contributed by atoms with van der Waals surface area (Å²) in [5, 5.41) is 13.2. The van der Waals surface area contributed by atoms with Crippen LogP contribution in [-0.2, 0) is 14.3 Å². The molecule has 23 heavy (non-hydrogen) atoms. The highest BCUT2D eigenvalue weighted by Gasteiger charge is 2.15. The van der Waals surface area contributed by atoms with Gasteiger partial charge in [-0.05, 0) is 18.4 Å². The van der Waals surface area contributed by atoms with Crippen LogP contribution in [0.4, 0.5) is 11.4 Å². The molecule has 1 N–H and O–H groups in total. The molecule has 1 aromatic rings. The number of methoxy groups -OCH3 is 1. The van der Waals surface area contributed by atoms with Crippen molar-refractivity contribution in [1.29, 1.82) is 0 Å². The van der Waals surface area contributed by atoms with Crippen LogP contribution in [-0.4, -0.2) is 30.5 Å². The second-order valence-corrected chi connectivity index (χ2v) is 5.28. The average Bonchev–Trinajstić information content (AvgIpc) is 2.50. The molecule has 0 aliphatic rings. The first-order valence-electron chi connectivity index (χ1n) is 7.11. The van der Waals surface area contributed by atoms with Crippen molar-refractivity contribution in [1.82, 2.24) is 0 Å². The number of hydrogen-bond donors (Lipinski definition) is 1. The number of hydrogen-bond acceptors (Lipinski definition) is 6. The predicted molar refractivity (Wildman–Crippen MR) is 83.3 cm³/mol. The van der Waals surface area contributed by atoms with Crippen molar-refractivity contribution in [2.75, 3.05) is 19.0 Å². The highest BCUT2D eigenvalue weighted by molar-refractivity contribution is 5.94. The number of esters is 1. The van der Waals surface area contributed by atoms with E-state index in [-0.39, 0.29) is 23.5 Å².